The van der Waals surface area contributed by atoms with E-state index >= 15 is 0 Å². The van der Waals surface area contributed by atoms with Crippen LogP contribution in [0.5, 0.6) is 5.75 Å². The van der Waals surface area contributed by atoms with Crippen LogP contribution in [0.3, 0.4) is 0 Å². The SMILES string of the molecule is CC(=O)N1CCN(CCn2c3ccccc3n3c(=O)c(O)c(C(=O)NCc4ccc(Cl)c(Cl)c4)nc23)CC1. The van der Waals surface area contributed by atoms with E-state index in [-0.39, 0.29) is 23.9 Å². The number of rotatable bonds is 6. The van der Waals surface area contributed by atoms with Crippen molar-refractivity contribution in [2.24, 2.45) is 0 Å². The van der Waals surface area contributed by atoms with Gasteiger partial charge in [0.05, 0.1) is 21.1 Å². The van der Waals surface area contributed by atoms with Crippen LogP contribution in [-0.4, -0.2) is 73.4 Å². The lowest BCUT2D eigenvalue weighted by atomic mass is 10.2. The normalized spacial score (nSPS) is 14.3. The zero-order chi connectivity index (χ0) is 27.0. The van der Waals surface area contributed by atoms with E-state index in [0.717, 1.165) is 18.6 Å². The number of hydrogen-bond donors (Lipinski definition) is 2. The molecule has 3 heterocycles. The van der Waals surface area contributed by atoms with Crippen molar-refractivity contribution < 1.29 is 14.7 Å². The number of nitrogens with zero attached hydrogens (tertiary/aromatic N) is 5. The topological polar surface area (TPSA) is 112 Å². The fraction of sp³-hybridized carbons (Fsp3) is 0.308. The highest BCUT2D eigenvalue weighted by molar-refractivity contribution is 6.42. The van der Waals surface area contributed by atoms with Crippen molar-refractivity contribution in [2.75, 3.05) is 32.7 Å². The summed E-state index contributed by atoms with van der Waals surface area (Å²) < 4.78 is 3.21. The Bertz CT molecular complexity index is 1610. The number of fused-ring (bicyclic) bond motifs is 3. The number of imidazole rings is 1. The Labute approximate surface area is 228 Å². The van der Waals surface area contributed by atoms with E-state index in [1.165, 1.54) is 4.40 Å². The second-order valence-corrected chi connectivity index (χ2v) is 9.98. The summed E-state index contributed by atoms with van der Waals surface area (Å²) in [6.07, 6.45) is 0. The molecule has 0 atom stereocenters. The molecule has 5 rings (SSSR count). The van der Waals surface area contributed by atoms with E-state index in [1.54, 1.807) is 37.3 Å². The number of aromatic nitrogens is 3. The third-order valence-corrected chi connectivity index (χ3v) is 7.55. The first kappa shape index (κ1) is 26.0. The van der Waals surface area contributed by atoms with Crippen LogP contribution in [-0.2, 0) is 17.9 Å². The van der Waals surface area contributed by atoms with E-state index < -0.39 is 17.2 Å². The highest BCUT2D eigenvalue weighted by atomic mass is 35.5. The van der Waals surface area contributed by atoms with Gasteiger partial charge in [0, 0.05) is 52.7 Å². The maximum absolute atomic E-state index is 13.2. The summed E-state index contributed by atoms with van der Waals surface area (Å²) in [5, 5.41) is 14.1. The number of para-hydroxylation sites is 2. The van der Waals surface area contributed by atoms with Crippen LogP contribution >= 0.6 is 23.2 Å². The number of carbonyl (C=O) groups is 2. The molecule has 198 valence electrons. The Kier molecular flexibility index (Phi) is 7.29. The average Bonchev–Trinajstić information content (AvgIpc) is 3.23. The smallest absolute Gasteiger partial charge is 0.302 e. The summed E-state index contributed by atoms with van der Waals surface area (Å²) in [5.41, 5.74) is 0.963. The third-order valence-electron chi connectivity index (χ3n) is 6.81. The van der Waals surface area contributed by atoms with Gasteiger partial charge in [0.15, 0.2) is 5.69 Å². The van der Waals surface area contributed by atoms with Crippen molar-refractivity contribution in [3.8, 4) is 5.75 Å². The van der Waals surface area contributed by atoms with Gasteiger partial charge in [-0.15, -0.1) is 0 Å². The summed E-state index contributed by atoms with van der Waals surface area (Å²) in [7, 11) is 0. The van der Waals surface area contributed by atoms with Gasteiger partial charge in [0.1, 0.15) is 0 Å². The lowest BCUT2D eigenvalue weighted by Crippen LogP contribution is -2.48. The summed E-state index contributed by atoms with van der Waals surface area (Å²) >= 11 is 12.0. The number of nitrogens with one attached hydrogen (secondary N) is 1. The van der Waals surface area contributed by atoms with Crippen LogP contribution in [0.2, 0.25) is 10.0 Å². The molecular weight excluding hydrogens is 531 g/mol. The molecule has 2 N–H and O–H groups in total. The van der Waals surface area contributed by atoms with Crippen LogP contribution in [0.15, 0.2) is 47.3 Å². The first-order valence-electron chi connectivity index (χ1n) is 12.2. The molecule has 2 amide bonds. The molecular formula is C26H26Cl2N6O4. The summed E-state index contributed by atoms with van der Waals surface area (Å²) in [4.78, 5) is 46.4. The van der Waals surface area contributed by atoms with Gasteiger partial charge in [-0.3, -0.25) is 19.3 Å². The molecule has 0 spiro atoms. The Hall–Kier alpha value is -3.60. The van der Waals surface area contributed by atoms with Crippen LogP contribution in [0.25, 0.3) is 16.8 Å². The molecule has 0 bridgehead atoms. The highest BCUT2D eigenvalue weighted by Gasteiger charge is 2.24. The Morgan fingerprint density at radius 3 is 2.39 bits per heavy atom. The van der Waals surface area contributed by atoms with Gasteiger partial charge in [-0.1, -0.05) is 41.4 Å². The monoisotopic (exact) mass is 556 g/mol. The molecule has 1 aliphatic rings. The zero-order valence-electron chi connectivity index (χ0n) is 20.7. The Balaban J connectivity index is 1.45. The predicted octanol–water partition coefficient (Wildman–Crippen LogP) is 2.76. The minimum absolute atomic E-state index is 0.0698. The molecule has 0 radical (unpaired) electrons. The van der Waals surface area contributed by atoms with Gasteiger partial charge in [0.25, 0.3) is 5.91 Å². The molecule has 10 nitrogen and oxygen atoms in total. The van der Waals surface area contributed by atoms with Gasteiger partial charge < -0.3 is 19.9 Å². The van der Waals surface area contributed by atoms with Gasteiger partial charge in [-0.05, 0) is 29.8 Å². The lowest BCUT2D eigenvalue weighted by Gasteiger charge is -2.34. The van der Waals surface area contributed by atoms with E-state index in [4.69, 9.17) is 23.2 Å². The van der Waals surface area contributed by atoms with Crippen LogP contribution in [0.4, 0.5) is 0 Å². The fourth-order valence-electron chi connectivity index (χ4n) is 4.71. The van der Waals surface area contributed by atoms with Crippen molar-refractivity contribution in [3.63, 3.8) is 0 Å². The molecule has 0 saturated carbocycles. The van der Waals surface area contributed by atoms with Crippen LogP contribution < -0.4 is 10.9 Å². The van der Waals surface area contributed by atoms with Crippen molar-refractivity contribution >= 4 is 51.8 Å². The molecule has 38 heavy (non-hydrogen) atoms. The molecule has 12 heteroatoms. The molecule has 1 fully saturated rings. The van der Waals surface area contributed by atoms with Crippen molar-refractivity contribution in [1.29, 1.82) is 0 Å². The zero-order valence-corrected chi connectivity index (χ0v) is 22.2. The van der Waals surface area contributed by atoms with Gasteiger partial charge in [0.2, 0.25) is 17.4 Å². The van der Waals surface area contributed by atoms with E-state index in [1.807, 2.05) is 21.6 Å². The largest absolute Gasteiger partial charge is 0.501 e. The maximum Gasteiger partial charge on any atom is 0.302 e. The number of piperazine rings is 1. The minimum Gasteiger partial charge on any atom is -0.501 e. The number of carbonyl (C=O) groups excluding carboxylic acids is 2. The Morgan fingerprint density at radius 2 is 1.71 bits per heavy atom. The fourth-order valence-corrected chi connectivity index (χ4v) is 5.03. The van der Waals surface area contributed by atoms with Gasteiger partial charge >= 0.3 is 5.56 Å². The van der Waals surface area contributed by atoms with Crippen LogP contribution in [0.1, 0.15) is 23.0 Å². The summed E-state index contributed by atoms with van der Waals surface area (Å²) in [6.45, 7) is 5.65. The van der Waals surface area contributed by atoms with Crippen molar-refractivity contribution in [3.05, 3.63) is 74.1 Å². The second kappa shape index (κ2) is 10.6. The molecule has 4 aromatic rings. The quantitative estimate of drug-likeness (QED) is 0.377. The summed E-state index contributed by atoms with van der Waals surface area (Å²) in [5.74, 6) is -1.08. The van der Waals surface area contributed by atoms with Crippen molar-refractivity contribution in [2.45, 2.75) is 20.0 Å². The second-order valence-electron chi connectivity index (χ2n) is 9.17. The molecule has 0 aliphatic carbocycles. The van der Waals surface area contributed by atoms with Gasteiger partial charge in [-0.25, -0.2) is 9.38 Å². The highest BCUT2D eigenvalue weighted by Crippen LogP contribution is 2.23. The van der Waals surface area contributed by atoms with E-state index in [2.05, 4.69) is 15.2 Å². The lowest BCUT2D eigenvalue weighted by molar-refractivity contribution is -0.130. The molecule has 2 aromatic heterocycles. The number of aromatic hydroxyl groups is 1. The van der Waals surface area contributed by atoms with Crippen LogP contribution in [0, 0.1) is 0 Å². The first-order chi connectivity index (χ1) is 18.2. The minimum atomic E-state index is -0.725. The number of halogens is 2. The first-order valence-corrected chi connectivity index (χ1v) is 12.9. The van der Waals surface area contributed by atoms with Gasteiger partial charge in [-0.2, -0.15) is 0 Å². The standard InChI is InChI=1S/C26H26Cl2N6O4/c1-16(35)32-11-8-31(9-12-32)10-13-33-20-4-2-3-5-21(20)34-25(38)23(36)22(30-26(33)34)24(37)29-15-17-6-7-18(27)19(28)14-17/h2-7,14,36H,8-13,15H2,1H3,(H,29,37). The molecule has 1 saturated heterocycles. The maximum atomic E-state index is 13.2. The Morgan fingerprint density at radius 1 is 1.00 bits per heavy atom. The number of amides is 2. The molecule has 2 aromatic carbocycles. The van der Waals surface area contributed by atoms with E-state index in [0.29, 0.717) is 47.3 Å². The number of benzene rings is 2. The van der Waals surface area contributed by atoms with Crippen molar-refractivity contribution in [1.82, 2.24) is 29.1 Å². The summed E-state index contributed by atoms with van der Waals surface area (Å²) in [6, 6.07) is 12.3. The average molecular weight is 557 g/mol. The molecule has 0 unspecified atom stereocenters. The predicted molar refractivity (Wildman–Crippen MR) is 145 cm³/mol. The molecule has 1 aliphatic heterocycles. The number of hydrogen-bond acceptors (Lipinski definition) is 6. The third kappa shape index (κ3) is 4.94. The van der Waals surface area contributed by atoms with E-state index in [9.17, 15) is 19.5 Å².